The summed E-state index contributed by atoms with van der Waals surface area (Å²) < 4.78 is 6.73. The Kier molecular flexibility index (Phi) is 6.11. The van der Waals surface area contributed by atoms with Gasteiger partial charge in [0, 0.05) is 51.7 Å². The molecule has 2 saturated heterocycles. The highest BCUT2D eigenvalue weighted by molar-refractivity contribution is 7.22. The summed E-state index contributed by atoms with van der Waals surface area (Å²) in [7, 11) is 0. The van der Waals surface area contributed by atoms with Crippen molar-refractivity contribution in [2.45, 2.75) is 12.5 Å². The molecular formula is C23H27N5O2S. The number of anilines is 1. The molecule has 1 amide bonds. The fraction of sp³-hybridized carbons (Fsp3) is 0.435. The summed E-state index contributed by atoms with van der Waals surface area (Å²) in [6, 6.07) is 11.9. The van der Waals surface area contributed by atoms with E-state index in [-0.39, 0.29) is 11.9 Å². The molecule has 162 valence electrons. The fourth-order valence-electron chi connectivity index (χ4n) is 4.38. The number of morpholine rings is 1. The van der Waals surface area contributed by atoms with Crippen LogP contribution in [-0.4, -0.2) is 78.2 Å². The minimum Gasteiger partial charge on any atom is -0.379 e. The summed E-state index contributed by atoms with van der Waals surface area (Å²) in [5, 5.41) is 1.05. The van der Waals surface area contributed by atoms with Crippen LogP contribution in [0.25, 0.3) is 10.2 Å². The molecule has 0 spiro atoms. The first-order chi connectivity index (χ1) is 15.3. The number of nitrogens with zero attached hydrogens (tertiary/aromatic N) is 5. The van der Waals surface area contributed by atoms with E-state index in [9.17, 15) is 4.79 Å². The zero-order chi connectivity index (χ0) is 21.0. The number of ether oxygens (including phenoxy) is 1. The highest BCUT2D eigenvalue weighted by Crippen LogP contribution is 2.30. The molecule has 31 heavy (non-hydrogen) atoms. The number of aromatic nitrogens is 2. The molecule has 1 unspecified atom stereocenters. The second-order valence-corrected chi connectivity index (χ2v) is 8.98. The predicted molar refractivity (Wildman–Crippen MR) is 122 cm³/mol. The zero-order valence-electron chi connectivity index (χ0n) is 17.5. The molecule has 0 aliphatic carbocycles. The van der Waals surface area contributed by atoms with Gasteiger partial charge in [0.2, 0.25) is 5.91 Å². The largest absolute Gasteiger partial charge is 0.379 e. The lowest BCUT2D eigenvalue weighted by atomic mass is 10.0. The molecule has 8 heteroatoms. The molecule has 4 heterocycles. The van der Waals surface area contributed by atoms with Crippen LogP contribution in [0.1, 0.15) is 18.0 Å². The van der Waals surface area contributed by atoms with E-state index in [0.29, 0.717) is 19.8 Å². The van der Waals surface area contributed by atoms with E-state index in [0.717, 1.165) is 55.4 Å². The molecule has 2 fully saturated rings. The molecule has 0 N–H and O–H groups in total. The number of pyridine rings is 1. The van der Waals surface area contributed by atoms with Gasteiger partial charge in [0.1, 0.15) is 6.04 Å². The normalized spacial score (nSPS) is 19.4. The molecule has 0 bridgehead atoms. The second-order valence-electron chi connectivity index (χ2n) is 7.97. The van der Waals surface area contributed by atoms with Crippen LogP contribution in [0.15, 0.2) is 48.8 Å². The van der Waals surface area contributed by atoms with Crippen molar-refractivity contribution in [1.82, 2.24) is 19.8 Å². The van der Waals surface area contributed by atoms with Crippen LogP contribution in [0.5, 0.6) is 0 Å². The van der Waals surface area contributed by atoms with Crippen molar-refractivity contribution >= 4 is 32.6 Å². The Morgan fingerprint density at radius 1 is 1.00 bits per heavy atom. The number of carbonyl (C=O) groups is 1. The Balaban J connectivity index is 1.33. The van der Waals surface area contributed by atoms with Gasteiger partial charge in [-0.25, -0.2) is 4.98 Å². The van der Waals surface area contributed by atoms with Crippen molar-refractivity contribution in [3.63, 3.8) is 0 Å². The number of fused-ring (bicyclic) bond motifs is 1. The van der Waals surface area contributed by atoms with Gasteiger partial charge in [0.15, 0.2) is 5.13 Å². The molecule has 2 aliphatic heterocycles. The lowest BCUT2D eigenvalue weighted by molar-refractivity contribution is -0.139. The molecular weight excluding hydrogens is 410 g/mol. The van der Waals surface area contributed by atoms with Gasteiger partial charge in [-0.05, 0) is 30.2 Å². The maximum Gasteiger partial charge on any atom is 0.244 e. The first-order valence-corrected chi connectivity index (χ1v) is 11.7. The number of hydrogen-bond donors (Lipinski definition) is 0. The first kappa shape index (κ1) is 20.4. The third-order valence-electron chi connectivity index (χ3n) is 6.01. The molecule has 1 aromatic carbocycles. The van der Waals surface area contributed by atoms with Gasteiger partial charge in [0.05, 0.1) is 23.4 Å². The van der Waals surface area contributed by atoms with Crippen molar-refractivity contribution in [2.24, 2.45) is 0 Å². The van der Waals surface area contributed by atoms with Crippen LogP contribution in [0.3, 0.4) is 0 Å². The Bertz CT molecular complexity index is 988. The maximum absolute atomic E-state index is 13.7. The average Bonchev–Trinajstić information content (AvgIpc) is 3.10. The molecule has 2 aromatic heterocycles. The third kappa shape index (κ3) is 4.42. The van der Waals surface area contributed by atoms with Gasteiger partial charge >= 0.3 is 0 Å². The van der Waals surface area contributed by atoms with E-state index in [1.54, 1.807) is 17.5 Å². The van der Waals surface area contributed by atoms with Crippen LogP contribution in [0.4, 0.5) is 5.13 Å². The van der Waals surface area contributed by atoms with Crippen molar-refractivity contribution in [1.29, 1.82) is 0 Å². The van der Waals surface area contributed by atoms with Crippen LogP contribution < -0.4 is 4.90 Å². The number of rotatable bonds is 4. The lowest BCUT2D eigenvalue weighted by Crippen LogP contribution is -2.48. The van der Waals surface area contributed by atoms with Crippen molar-refractivity contribution < 1.29 is 9.53 Å². The SMILES string of the molecule is O=C(C(c1cccnc1)N1CCOCC1)N1CCCN(c2nc3ccccc3s2)CC1. The number of benzene rings is 1. The third-order valence-corrected chi connectivity index (χ3v) is 7.10. The van der Waals surface area contributed by atoms with E-state index in [1.807, 2.05) is 29.3 Å². The Labute approximate surface area is 186 Å². The number of amides is 1. The Morgan fingerprint density at radius 2 is 1.87 bits per heavy atom. The number of para-hydroxylation sites is 1. The van der Waals surface area contributed by atoms with Crippen LogP contribution in [-0.2, 0) is 9.53 Å². The number of hydrogen-bond acceptors (Lipinski definition) is 7. The summed E-state index contributed by atoms with van der Waals surface area (Å²) >= 11 is 1.73. The molecule has 5 rings (SSSR count). The summed E-state index contributed by atoms with van der Waals surface area (Å²) in [4.78, 5) is 29.4. The summed E-state index contributed by atoms with van der Waals surface area (Å²) in [5.41, 5.74) is 2.00. The lowest BCUT2D eigenvalue weighted by Gasteiger charge is -2.36. The van der Waals surface area contributed by atoms with Crippen LogP contribution in [0, 0.1) is 0 Å². The molecule has 0 saturated carbocycles. The zero-order valence-corrected chi connectivity index (χ0v) is 18.3. The van der Waals surface area contributed by atoms with Gasteiger partial charge in [-0.2, -0.15) is 0 Å². The minimum atomic E-state index is -0.299. The highest BCUT2D eigenvalue weighted by atomic mass is 32.1. The fourth-order valence-corrected chi connectivity index (χ4v) is 5.40. The van der Waals surface area contributed by atoms with E-state index >= 15 is 0 Å². The average molecular weight is 438 g/mol. The summed E-state index contributed by atoms with van der Waals surface area (Å²) in [6.45, 7) is 6.03. The van der Waals surface area contributed by atoms with Crippen LogP contribution >= 0.6 is 11.3 Å². The van der Waals surface area contributed by atoms with Gasteiger partial charge in [0.25, 0.3) is 0 Å². The molecule has 2 aliphatic rings. The highest BCUT2D eigenvalue weighted by Gasteiger charge is 2.33. The molecule has 7 nitrogen and oxygen atoms in total. The maximum atomic E-state index is 13.7. The second kappa shape index (κ2) is 9.30. The van der Waals surface area contributed by atoms with E-state index in [1.165, 1.54) is 4.70 Å². The number of thiazole rings is 1. The quantitative estimate of drug-likeness (QED) is 0.626. The van der Waals surface area contributed by atoms with Gasteiger partial charge in [-0.3, -0.25) is 14.7 Å². The van der Waals surface area contributed by atoms with Crippen molar-refractivity contribution in [3.05, 3.63) is 54.4 Å². The minimum absolute atomic E-state index is 0.168. The summed E-state index contributed by atoms with van der Waals surface area (Å²) in [6.07, 6.45) is 4.51. The van der Waals surface area contributed by atoms with Crippen LogP contribution in [0.2, 0.25) is 0 Å². The van der Waals surface area contributed by atoms with E-state index in [4.69, 9.17) is 9.72 Å². The van der Waals surface area contributed by atoms with Gasteiger partial charge < -0.3 is 14.5 Å². The first-order valence-electron chi connectivity index (χ1n) is 10.9. The van der Waals surface area contributed by atoms with Crippen molar-refractivity contribution in [3.8, 4) is 0 Å². The molecule has 0 radical (unpaired) electrons. The van der Waals surface area contributed by atoms with Crippen molar-refractivity contribution in [2.75, 3.05) is 57.4 Å². The van der Waals surface area contributed by atoms with E-state index in [2.05, 4.69) is 33.0 Å². The Hall–Kier alpha value is -2.55. The topological polar surface area (TPSA) is 61.8 Å². The Morgan fingerprint density at radius 3 is 2.68 bits per heavy atom. The number of carbonyl (C=O) groups excluding carboxylic acids is 1. The molecule has 3 aromatic rings. The monoisotopic (exact) mass is 437 g/mol. The predicted octanol–water partition coefficient (Wildman–Crippen LogP) is 2.80. The standard InChI is InChI=1S/C23H27N5O2S/c29-22(21(18-5-3-8-24-17-18)26-13-15-30-16-14-26)27-9-4-10-28(12-11-27)23-25-19-6-1-2-7-20(19)31-23/h1-3,5-8,17,21H,4,9-16H2. The van der Waals surface area contributed by atoms with E-state index < -0.39 is 0 Å². The smallest absolute Gasteiger partial charge is 0.244 e. The van der Waals surface area contributed by atoms with Gasteiger partial charge in [-0.1, -0.05) is 29.5 Å². The summed E-state index contributed by atoms with van der Waals surface area (Å²) in [5.74, 6) is 0.168. The molecule has 1 atom stereocenters. The van der Waals surface area contributed by atoms with Gasteiger partial charge in [-0.15, -0.1) is 0 Å².